The van der Waals surface area contributed by atoms with Gasteiger partial charge in [0.25, 0.3) is 10.0 Å². The SMILES string of the molecule is NCc1cc(CN2C=NS(=O)(=O)c3ccccc32)ccn1. The molecular formula is C14H14N4O2S. The molecule has 0 unspecified atom stereocenters. The van der Waals surface area contributed by atoms with Gasteiger partial charge < -0.3 is 10.6 Å². The molecule has 1 aromatic carbocycles. The highest BCUT2D eigenvalue weighted by Crippen LogP contribution is 2.30. The Hall–Kier alpha value is -2.25. The lowest BCUT2D eigenvalue weighted by molar-refractivity contribution is 0.597. The summed E-state index contributed by atoms with van der Waals surface area (Å²) < 4.78 is 27.5. The number of benzene rings is 1. The zero-order chi connectivity index (χ0) is 14.9. The monoisotopic (exact) mass is 302 g/mol. The van der Waals surface area contributed by atoms with Crippen LogP contribution < -0.4 is 10.6 Å². The Bertz CT molecular complexity index is 802. The fraction of sp³-hybridized carbons (Fsp3) is 0.143. The molecule has 6 nitrogen and oxygen atoms in total. The molecule has 2 heterocycles. The van der Waals surface area contributed by atoms with Crippen LogP contribution in [0.5, 0.6) is 0 Å². The normalized spacial score (nSPS) is 15.8. The minimum atomic E-state index is -3.58. The maximum atomic E-state index is 11.9. The van der Waals surface area contributed by atoms with Gasteiger partial charge in [0.2, 0.25) is 0 Å². The van der Waals surface area contributed by atoms with Crippen molar-refractivity contribution in [2.45, 2.75) is 18.0 Å². The van der Waals surface area contributed by atoms with E-state index >= 15 is 0 Å². The minimum absolute atomic E-state index is 0.223. The van der Waals surface area contributed by atoms with E-state index in [1.54, 1.807) is 35.4 Å². The second kappa shape index (κ2) is 5.27. The van der Waals surface area contributed by atoms with Crippen LogP contribution in [0.2, 0.25) is 0 Å². The van der Waals surface area contributed by atoms with E-state index in [4.69, 9.17) is 5.73 Å². The molecule has 0 saturated heterocycles. The number of pyridine rings is 1. The maximum Gasteiger partial charge on any atom is 0.285 e. The van der Waals surface area contributed by atoms with Crippen molar-refractivity contribution in [2.24, 2.45) is 10.1 Å². The predicted molar refractivity (Wildman–Crippen MR) is 80.4 cm³/mol. The van der Waals surface area contributed by atoms with E-state index in [9.17, 15) is 8.42 Å². The van der Waals surface area contributed by atoms with E-state index in [1.807, 2.05) is 12.1 Å². The highest BCUT2D eigenvalue weighted by molar-refractivity contribution is 7.90. The van der Waals surface area contributed by atoms with Crippen LogP contribution in [0.15, 0.2) is 51.9 Å². The number of rotatable bonds is 3. The average Bonchev–Trinajstić information content (AvgIpc) is 2.51. The first kappa shape index (κ1) is 13.7. The van der Waals surface area contributed by atoms with Crippen LogP contribution in [0.1, 0.15) is 11.3 Å². The molecule has 1 aliphatic heterocycles. The van der Waals surface area contributed by atoms with Gasteiger partial charge in [-0.2, -0.15) is 8.42 Å². The molecule has 0 aliphatic carbocycles. The summed E-state index contributed by atoms with van der Waals surface area (Å²) in [6.07, 6.45) is 3.04. The molecule has 21 heavy (non-hydrogen) atoms. The molecule has 0 saturated carbocycles. The summed E-state index contributed by atoms with van der Waals surface area (Å²) in [5.41, 5.74) is 7.99. The molecule has 0 atom stereocenters. The van der Waals surface area contributed by atoms with Crippen molar-refractivity contribution in [3.8, 4) is 0 Å². The van der Waals surface area contributed by atoms with Crippen molar-refractivity contribution in [1.29, 1.82) is 0 Å². The van der Waals surface area contributed by atoms with E-state index in [0.717, 1.165) is 11.3 Å². The Morgan fingerprint density at radius 1 is 1.19 bits per heavy atom. The molecule has 7 heteroatoms. The minimum Gasteiger partial charge on any atom is -0.326 e. The van der Waals surface area contributed by atoms with Gasteiger partial charge in [-0.25, -0.2) is 0 Å². The molecule has 1 aromatic heterocycles. The third-order valence-electron chi connectivity index (χ3n) is 3.22. The molecule has 2 N–H and O–H groups in total. The van der Waals surface area contributed by atoms with Crippen molar-refractivity contribution in [2.75, 3.05) is 4.90 Å². The lowest BCUT2D eigenvalue weighted by Gasteiger charge is -2.25. The summed E-state index contributed by atoms with van der Waals surface area (Å²) in [5, 5.41) is 0. The first-order valence-corrected chi connectivity index (χ1v) is 7.84. The number of nitrogens with two attached hydrogens (primary N) is 1. The van der Waals surface area contributed by atoms with Gasteiger partial charge in [0, 0.05) is 19.3 Å². The van der Waals surface area contributed by atoms with Crippen molar-refractivity contribution in [3.63, 3.8) is 0 Å². The van der Waals surface area contributed by atoms with Crippen LogP contribution in [0.25, 0.3) is 0 Å². The first-order chi connectivity index (χ1) is 10.1. The fourth-order valence-electron chi connectivity index (χ4n) is 2.21. The summed E-state index contributed by atoms with van der Waals surface area (Å²) in [6, 6.07) is 10.6. The molecule has 0 fully saturated rings. The summed E-state index contributed by atoms with van der Waals surface area (Å²) in [7, 11) is -3.58. The van der Waals surface area contributed by atoms with Gasteiger partial charge >= 0.3 is 0 Å². The highest BCUT2D eigenvalue weighted by Gasteiger charge is 2.24. The van der Waals surface area contributed by atoms with Crippen molar-refractivity contribution in [1.82, 2.24) is 4.98 Å². The maximum absolute atomic E-state index is 11.9. The number of nitrogens with zero attached hydrogens (tertiary/aromatic N) is 3. The van der Waals surface area contributed by atoms with Gasteiger partial charge in [0.05, 0.1) is 11.4 Å². The Labute approximate surface area is 123 Å². The zero-order valence-corrected chi connectivity index (χ0v) is 12.0. The van der Waals surface area contributed by atoms with E-state index in [0.29, 0.717) is 18.8 Å². The van der Waals surface area contributed by atoms with Gasteiger partial charge in [0.15, 0.2) is 0 Å². The predicted octanol–water partition coefficient (Wildman–Crippen LogP) is 1.28. The molecule has 0 spiro atoms. The molecule has 3 rings (SSSR count). The Kier molecular flexibility index (Phi) is 3.44. The number of fused-ring (bicyclic) bond motifs is 1. The zero-order valence-electron chi connectivity index (χ0n) is 11.2. The lowest BCUT2D eigenvalue weighted by Crippen LogP contribution is -2.26. The molecular weight excluding hydrogens is 288 g/mol. The first-order valence-electron chi connectivity index (χ1n) is 6.40. The average molecular weight is 302 g/mol. The number of hydrogen-bond acceptors (Lipinski definition) is 5. The van der Waals surface area contributed by atoms with Crippen LogP contribution in [0, 0.1) is 0 Å². The van der Waals surface area contributed by atoms with Crippen molar-refractivity contribution >= 4 is 22.0 Å². The van der Waals surface area contributed by atoms with Crippen LogP contribution >= 0.6 is 0 Å². The van der Waals surface area contributed by atoms with E-state index in [-0.39, 0.29) is 4.90 Å². The molecule has 0 radical (unpaired) electrons. The number of para-hydroxylation sites is 1. The van der Waals surface area contributed by atoms with Gasteiger partial charge in [-0.15, -0.1) is 4.40 Å². The van der Waals surface area contributed by atoms with Crippen LogP contribution in [0.3, 0.4) is 0 Å². The standard InChI is InChI=1S/C14H14N4O2S/c15-8-12-7-11(5-6-16-12)9-18-10-17-21(19,20)14-4-2-1-3-13(14)18/h1-7,10H,8-9,15H2. The third-order valence-corrected chi connectivity index (χ3v) is 4.49. The van der Waals surface area contributed by atoms with Crippen LogP contribution in [-0.4, -0.2) is 19.7 Å². The molecule has 0 amide bonds. The fourth-order valence-corrected chi connectivity index (χ4v) is 3.26. The molecule has 0 bridgehead atoms. The smallest absolute Gasteiger partial charge is 0.285 e. The van der Waals surface area contributed by atoms with E-state index < -0.39 is 10.0 Å². The Balaban J connectivity index is 1.97. The van der Waals surface area contributed by atoms with Crippen LogP contribution in [0.4, 0.5) is 5.69 Å². The molecule has 2 aromatic rings. The summed E-state index contributed by atoms with van der Waals surface area (Å²) in [4.78, 5) is 6.17. The molecule has 1 aliphatic rings. The topological polar surface area (TPSA) is 88.6 Å². The quantitative estimate of drug-likeness (QED) is 0.922. The third kappa shape index (κ3) is 2.65. The highest BCUT2D eigenvalue weighted by atomic mass is 32.2. The van der Waals surface area contributed by atoms with Gasteiger partial charge in [-0.1, -0.05) is 12.1 Å². The summed E-state index contributed by atoms with van der Waals surface area (Å²) >= 11 is 0. The number of aromatic nitrogens is 1. The lowest BCUT2D eigenvalue weighted by atomic mass is 10.2. The second-order valence-corrected chi connectivity index (χ2v) is 6.25. The second-order valence-electron chi connectivity index (χ2n) is 4.65. The Morgan fingerprint density at radius 3 is 2.81 bits per heavy atom. The number of sulfonamides is 1. The van der Waals surface area contributed by atoms with E-state index in [1.165, 1.54) is 6.34 Å². The van der Waals surface area contributed by atoms with Crippen molar-refractivity contribution < 1.29 is 8.42 Å². The van der Waals surface area contributed by atoms with Gasteiger partial charge in [-0.3, -0.25) is 4.98 Å². The number of hydrogen-bond donors (Lipinski definition) is 1. The summed E-state index contributed by atoms with van der Waals surface area (Å²) in [6.45, 7) is 0.873. The summed E-state index contributed by atoms with van der Waals surface area (Å²) in [5.74, 6) is 0. The Morgan fingerprint density at radius 2 is 2.00 bits per heavy atom. The largest absolute Gasteiger partial charge is 0.326 e. The van der Waals surface area contributed by atoms with E-state index in [2.05, 4.69) is 9.38 Å². The van der Waals surface area contributed by atoms with Gasteiger partial charge in [-0.05, 0) is 29.8 Å². The number of anilines is 1. The molecule has 108 valence electrons. The van der Waals surface area contributed by atoms with Gasteiger partial charge in [0.1, 0.15) is 11.2 Å². The van der Waals surface area contributed by atoms with Crippen molar-refractivity contribution in [3.05, 3.63) is 53.9 Å². The van der Waals surface area contributed by atoms with Crippen LogP contribution in [-0.2, 0) is 23.1 Å².